The van der Waals surface area contributed by atoms with Crippen LogP contribution in [-0.4, -0.2) is 14.5 Å². The lowest BCUT2D eigenvalue weighted by Crippen LogP contribution is -2.24. The Morgan fingerprint density at radius 2 is 1.47 bits per heavy atom. The van der Waals surface area contributed by atoms with Crippen molar-refractivity contribution in [3.63, 3.8) is 0 Å². The van der Waals surface area contributed by atoms with Crippen molar-refractivity contribution < 1.29 is 8.78 Å². The quantitative estimate of drug-likeness (QED) is 0.536. The second kappa shape index (κ2) is 8.24. The number of benzene rings is 2. The number of nitrogens with one attached hydrogen (secondary N) is 1. The second-order valence-corrected chi connectivity index (χ2v) is 6.75. The van der Waals surface area contributed by atoms with Crippen molar-refractivity contribution in [2.45, 2.75) is 6.54 Å². The number of aromatic nitrogens is 3. The van der Waals surface area contributed by atoms with Crippen LogP contribution in [0, 0.1) is 11.6 Å². The number of hydrogen-bond donors (Lipinski definition) is 1. The summed E-state index contributed by atoms with van der Waals surface area (Å²) in [7, 11) is 1.62. The normalized spacial score (nSPS) is 10.8. The molecule has 0 aliphatic heterocycles. The van der Waals surface area contributed by atoms with E-state index in [0.717, 1.165) is 5.56 Å². The molecule has 30 heavy (non-hydrogen) atoms. The van der Waals surface area contributed by atoms with E-state index in [4.69, 9.17) is 4.98 Å². The predicted molar refractivity (Wildman–Crippen MR) is 112 cm³/mol. The van der Waals surface area contributed by atoms with Gasteiger partial charge in [0.05, 0.1) is 11.3 Å². The molecular formula is C23H18F2N4O. The van der Waals surface area contributed by atoms with Crippen LogP contribution in [0.1, 0.15) is 5.56 Å². The summed E-state index contributed by atoms with van der Waals surface area (Å²) in [5, 5.41) is 3.14. The Morgan fingerprint density at radius 3 is 2.10 bits per heavy atom. The molecule has 4 rings (SSSR count). The lowest BCUT2D eigenvalue weighted by atomic mass is 10.0. The molecule has 0 spiro atoms. The van der Waals surface area contributed by atoms with Crippen molar-refractivity contribution >= 4 is 5.95 Å². The summed E-state index contributed by atoms with van der Waals surface area (Å²) in [4.78, 5) is 22.0. The second-order valence-electron chi connectivity index (χ2n) is 6.75. The first kappa shape index (κ1) is 19.4. The SMILES string of the molecule is Cn1c(NCc2ccc(F)cc2)nc(-c2ccncc2)c(-c2ccc(F)cc2)c1=O. The van der Waals surface area contributed by atoms with Crippen molar-refractivity contribution in [2.75, 3.05) is 5.32 Å². The molecule has 0 amide bonds. The van der Waals surface area contributed by atoms with Crippen LogP contribution >= 0.6 is 0 Å². The van der Waals surface area contributed by atoms with Gasteiger partial charge in [-0.1, -0.05) is 24.3 Å². The molecule has 4 aromatic rings. The lowest BCUT2D eigenvalue weighted by molar-refractivity contribution is 0.627. The summed E-state index contributed by atoms with van der Waals surface area (Å²) in [6.45, 7) is 0.367. The van der Waals surface area contributed by atoms with E-state index in [1.807, 2.05) is 0 Å². The van der Waals surface area contributed by atoms with E-state index < -0.39 is 0 Å². The van der Waals surface area contributed by atoms with Gasteiger partial charge in [0.25, 0.3) is 5.56 Å². The molecule has 0 aliphatic carbocycles. The molecular weight excluding hydrogens is 386 g/mol. The molecule has 0 saturated heterocycles. The fourth-order valence-corrected chi connectivity index (χ4v) is 3.14. The van der Waals surface area contributed by atoms with Gasteiger partial charge in [-0.05, 0) is 47.5 Å². The van der Waals surface area contributed by atoms with Gasteiger partial charge >= 0.3 is 0 Å². The van der Waals surface area contributed by atoms with Gasteiger partial charge in [-0.15, -0.1) is 0 Å². The minimum Gasteiger partial charge on any atom is -0.351 e. The van der Waals surface area contributed by atoms with Crippen LogP contribution in [0.2, 0.25) is 0 Å². The smallest absolute Gasteiger partial charge is 0.263 e. The average molecular weight is 404 g/mol. The minimum absolute atomic E-state index is 0.273. The molecule has 0 saturated carbocycles. The summed E-state index contributed by atoms with van der Waals surface area (Å²) >= 11 is 0. The number of halogens is 2. The first-order valence-electron chi connectivity index (χ1n) is 9.28. The van der Waals surface area contributed by atoms with Crippen molar-refractivity contribution in [1.82, 2.24) is 14.5 Å². The Balaban J connectivity index is 1.81. The Kier molecular flexibility index (Phi) is 5.34. The summed E-state index contributed by atoms with van der Waals surface area (Å²) in [5.74, 6) is -0.332. The van der Waals surface area contributed by atoms with Crippen molar-refractivity contribution in [1.29, 1.82) is 0 Å². The molecule has 2 aromatic heterocycles. The maximum Gasteiger partial charge on any atom is 0.263 e. The zero-order valence-corrected chi connectivity index (χ0v) is 16.1. The van der Waals surface area contributed by atoms with E-state index in [9.17, 15) is 13.6 Å². The van der Waals surface area contributed by atoms with Gasteiger partial charge in [0.2, 0.25) is 5.95 Å². The van der Waals surface area contributed by atoms with Gasteiger partial charge in [-0.3, -0.25) is 14.3 Å². The monoisotopic (exact) mass is 404 g/mol. The molecule has 0 bridgehead atoms. The van der Waals surface area contributed by atoms with Gasteiger partial charge in [-0.2, -0.15) is 0 Å². The number of nitrogens with zero attached hydrogens (tertiary/aromatic N) is 3. The molecule has 5 nitrogen and oxygen atoms in total. The highest BCUT2D eigenvalue weighted by molar-refractivity contribution is 5.80. The van der Waals surface area contributed by atoms with Gasteiger partial charge < -0.3 is 5.32 Å². The molecule has 7 heteroatoms. The molecule has 0 atom stereocenters. The highest BCUT2D eigenvalue weighted by Crippen LogP contribution is 2.28. The number of anilines is 1. The van der Waals surface area contributed by atoms with Gasteiger partial charge in [-0.25, -0.2) is 13.8 Å². The first-order valence-corrected chi connectivity index (χ1v) is 9.28. The molecule has 0 radical (unpaired) electrons. The van der Waals surface area contributed by atoms with Crippen LogP contribution in [0.5, 0.6) is 0 Å². The molecule has 2 heterocycles. The fourth-order valence-electron chi connectivity index (χ4n) is 3.14. The molecule has 0 unspecified atom stereocenters. The Hall–Kier alpha value is -3.87. The van der Waals surface area contributed by atoms with Crippen LogP contribution in [0.4, 0.5) is 14.7 Å². The molecule has 0 aliphatic rings. The number of rotatable bonds is 5. The van der Waals surface area contributed by atoms with Crippen molar-refractivity contribution in [2.24, 2.45) is 7.05 Å². The average Bonchev–Trinajstić information content (AvgIpc) is 2.77. The topological polar surface area (TPSA) is 59.8 Å². The van der Waals surface area contributed by atoms with Crippen molar-refractivity contribution in [3.8, 4) is 22.4 Å². The standard InChI is InChI=1S/C23H18F2N4O/c1-29-22(30)20(16-4-8-19(25)9-5-16)21(17-10-12-26-13-11-17)28-23(29)27-14-15-2-6-18(24)7-3-15/h2-13H,14H2,1H3,(H,27,28). The highest BCUT2D eigenvalue weighted by atomic mass is 19.1. The van der Waals surface area contributed by atoms with Crippen LogP contribution in [-0.2, 0) is 13.6 Å². The third-order valence-electron chi connectivity index (χ3n) is 4.74. The summed E-state index contributed by atoms with van der Waals surface area (Å²) in [5.41, 5.74) is 2.70. The van der Waals surface area contributed by atoms with Crippen LogP contribution < -0.4 is 10.9 Å². The van der Waals surface area contributed by atoms with E-state index in [1.165, 1.54) is 28.8 Å². The Morgan fingerprint density at radius 1 is 0.867 bits per heavy atom. The van der Waals surface area contributed by atoms with Gasteiger partial charge in [0, 0.05) is 31.5 Å². The first-order chi connectivity index (χ1) is 14.5. The molecule has 150 valence electrons. The van der Waals surface area contributed by atoms with Crippen LogP contribution in [0.15, 0.2) is 77.9 Å². The Labute approximate surface area is 171 Å². The number of hydrogen-bond acceptors (Lipinski definition) is 4. The van der Waals surface area contributed by atoms with Crippen LogP contribution in [0.3, 0.4) is 0 Å². The summed E-state index contributed by atoms with van der Waals surface area (Å²) in [6, 6.07) is 15.4. The van der Waals surface area contributed by atoms with Crippen LogP contribution in [0.25, 0.3) is 22.4 Å². The highest BCUT2D eigenvalue weighted by Gasteiger charge is 2.18. The Bertz CT molecular complexity index is 1220. The maximum atomic E-state index is 13.4. The van der Waals surface area contributed by atoms with E-state index in [0.29, 0.717) is 34.9 Å². The molecule has 0 fully saturated rings. The zero-order valence-electron chi connectivity index (χ0n) is 16.1. The maximum absolute atomic E-state index is 13.4. The summed E-state index contributed by atoms with van der Waals surface area (Å²) < 4.78 is 28.0. The van der Waals surface area contributed by atoms with E-state index in [1.54, 1.807) is 55.8 Å². The minimum atomic E-state index is -0.383. The molecule has 1 N–H and O–H groups in total. The fraction of sp³-hybridized carbons (Fsp3) is 0.0870. The molecule has 2 aromatic carbocycles. The predicted octanol–water partition coefficient (Wildman–Crippen LogP) is 4.40. The third kappa shape index (κ3) is 3.96. The third-order valence-corrected chi connectivity index (χ3v) is 4.74. The van der Waals surface area contributed by atoms with Gasteiger partial charge in [0.15, 0.2) is 0 Å². The van der Waals surface area contributed by atoms with Gasteiger partial charge in [0.1, 0.15) is 11.6 Å². The largest absolute Gasteiger partial charge is 0.351 e. The van der Waals surface area contributed by atoms with E-state index in [-0.39, 0.29) is 17.2 Å². The zero-order chi connectivity index (χ0) is 21.1. The van der Waals surface area contributed by atoms with E-state index >= 15 is 0 Å². The summed E-state index contributed by atoms with van der Waals surface area (Å²) in [6.07, 6.45) is 3.24. The lowest BCUT2D eigenvalue weighted by Gasteiger charge is -2.16. The van der Waals surface area contributed by atoms with E-state index in [2.05, 4.69) is 10.3 Å². The number of pyridine rings is 1. The van der Waals surface area contributed by atoms with Crippen molar-refractivity contribution in [3.05, 3.63) is 101 Å².